The summed E-state index contributed by atoms with van der Waals surface area (Å²) in [5, 5.41) is 8.99. The summed E-state index contributed by atoms with van der Waals surface area (Å²) in [6.07, 6.45) is 0.860. The van der Waals surface area contributed by atoms with Crippen LogP contribution in [0.2, 0.25) is 0 Å². The van der Waals surface area contributed by atoms with Crippen molar-refractivity contribution in [2.45, 2.75) is 13.0 Å². The molecule has 0 radical (unpaired) electrons. The molecule has 0 spiro atoms. The number of halogens is 1. The smallest absolute Gasteiger partial charge is 0.132 e. The molecule has 1 heterocycles. The van der Waals surface area contributed by atoms with Gasteiger partial charge in [0.25, 0.3) is 0 Å². The first-order chi connectivity index (χ1) is 7.29. The van der Waals surface area contributed by atoms with Crippen LogP contribution in [0.15, 0.2) is 22.7 Å². The van der Waals surface area contributed by atoms with Crippen molar-refractivity contribution in [3.63, 3.8) is 0 Å². The van der Waals surface area contributed by atoms with Gasteiger partial charge in [-0.15, -0.1) is 0 Å². The highest BCUT2D eigenvalue weighted by molar-refractivity contribution is 9.10. The highest BCUT2D eigenvalue weighted by atomic mass is 79.9. The van der Waals surface area contributed by atoms with Gasteiger partial charge in [0.05, 0.1) is 5.69 Å². The van der Waals surface area contributed by atoms with E-state index in [4.69, 9.17) is 5.11 Å². The van der Waals surface area contributed by atoms with E-state index in [-0.39, 0.29) is 6.61 Å². The Bertz CT molecular complexity index is 533. The number of aliphatic hydroxyl groups is 1. The minimum atomic E-state index is -0.0314. The minimum absolute atomic E-state index is 0.0314. The molecule has 1 aromatic heterocycles. The Balaban J connectivity index is 2.21. The fraction of sp³-hybridized carbons (Fsp3) is 0.182. The van der Waals surface area contributed by atoms with Crippen LogP contribution in [-0.4, -0.2) is 15.1 Å². The van der Waals surface area contributed by atoms with Crippen LogP contribution in [0.3, 0.4) is 0 Å². The molecule has 0 atom stereocenters. The first-order valence-electron chi connectivity index (χ1n) is 4.76. The van der Waals surface area contributed by atoms with Crippen molar-refractivity contribution in [1.82, 2.24) is 9.97 Å². The summed E-state index contributed by atoms with van der Waals surface area (Å²) in [5.74, 6) is 0.644. The Morgan fingerprint density at radius 1 is 1.47 bits per heavy atom. The topological polar surface area (TPSA) is 48.9 Å². The zero-order valence-electron chi connectivity index (χ0n) is 7.92. The van der Waals surface area contributed by atoms with Gasteiger partial charge in [-0.25, -0.2) is 4.98 Å². The summed E-state index contributed by atoms with van der Waals surface area (Å²) in [5.41, 5.74) is 4.52. The van der Waals surface area contributed by atoms with Crippen molar-refractivity contribution in [1.29, 1.82) is 0 Å². The van der Waals surface area contributed by atoms with Crippen LogP contribution in [0.25, 0.3) is 11.3 Å². The van der Waals surface area contributed by atoms with Gasteiger partial charge >= 0.3 is 0 Å². The number of hydrogen-bond donors (Lipinski definition) is 2. The maximum Gasteiger partial charge on any atom is 0.132 e. The number of aromatic nitrogens is 2. The van der Waals surface area contributed by atoms with Gasteiger partial charge < -0.3 is 10.1 Å². The van der Waals surface area contributed by atoms with E-state index in [1.165, 1.54) is 5.56 Å². The van der Waals surface area contributed by atoms with Crippen LogP contribution in [0, 0.1) is 0 Å². The predicted molar refractivity (Wildman–Crippen MR) is 60.5 cm³/mol. The van der Waals surface area contributed by atoms with Gasteiger partial charge in [-0.1, -0.05) is 28.1 Å². The molecule has 0 amide bonds. The Labute approximate surface area is 95.3 Å². The Kier molecular flexibility index (Phi) is 1.94. The van der Waals surface area contributed by atoms with E-state index in [1.807, 2.05) is 12.1 Å². The van der Waals surface area contributed by atoms with Crippen LogP contribution in [0.1, 0.15) is 17.1 Å². The first kappa shape index (κ1) is 9.12. The number of nitrogens with zero attached hydrogens (tertiary/aromatic N) is 1. The largest absolute Gasteiger partial charge is 0.388 e. The van der Waals surface area contributed by atoms with Gasteiger partial charge in [-0.2, -0.15) is 0 Å². The van der Waals surface area contributed by atoms with Crippen molar-refractivity contribution in [2.75, 3.05) is 0 Å². The van der Waals surface area contributed by atoms with Crippen molar-refractivity contribution in [3.05, 3.63) is 39.8 Å². The molecule has 3 rings (SSSR count). The van der Waals surface area contributed by atoms with Gasteiger partial charge in [0.2, 0.25) is 0 Å². The number of imidazole rings is 1. The average molecular weight is 265 g/mol. The molecule has 0 saturated carbocycles. The van der Waals surface area contributed by atoms with E-state index in [0.717, 1.165) is 27.8 Å². The van der Waals surface area contributed by atoms with Crippen LogP contribution in [-0.2, 0) is 13.0 Å². The summed E-state index contributed by atoms with van der Waals surface area (Å²) in [6, 6.07) is 6.11. The highest BCUT2D eigenvalue weighted by Crippen LogP contribution is 2.38. The van der Waals surface area contributed by atoms with Crippen LogP contribution in [0.4, 0.5) is 0 Å². The fourth-order valence-corrected chi connectivity index (χ4v) is 2.53. The van der Waals surface area contributed by atoms with E-state index in [2.05, 4.69) is 32.0 Å². The Morgan fingerprint density at radius 3 is 3.13 bits per heavy atom. The van der Waals surface area contributed by atoms with Crippen molar-refractivity contribution in [2.24, 2.45) is 0 Å². The number of fused-ring (bicyclic) bond motifs is 3. The second-order valence-electron chi connectivity index (χ2n) is 3.61. The van der Waals surface area contributed by atoms with E-state index in [0.29, 0.717) is 5.82 Å². The number of hydrogen-bond acceptors (Lipinski definition) is 2. The molecule has 1 aliphatic carbocycles. The van der Waals surface area contributed by atoms with E-state index < -0.39 is 0 Å². The van der Waals surface area contributed by atoms with Gasteiger partial charge in [-0.3, -0.25) is 0 Å². The molecule has 0 saturated heterocycles. The molecule has 2 N–H and O–H groups in total. The molecule has 0 unspecified atom stereocenters. The van der Waals surface area contributed by atoms with E-state index in [9.17, 15) is 0 Å². The lowest BCUT2D eigenvalue weighted by molar-refractivity contribution is 0.272. The molecule has 0 fully saturated rings. The van der Waals surface area contributed by atoms with Crippen molar-refractivity contribution >= 4 is 15.9 Å². The predicted octanol–water partition coefficient (Wildman–Crippen LogP) is 2.24. The molecule has 0 bridgehead atoms. The number of aliphatic hydroxyl groups excluding tert-OH is 1. The lowest BCUT2D eigenvalue weighted by atomic mass is 10.1. The standard InChI is InChI=1S/C11H9BrN2O/c12-8-3-1-2-6-7(8)4-9-11(6)14-10(5-15)13-9/h1-3,15H,4-5H2,(H,13,14). The molecular formula is C11H9BrN2O. The van der Waals surface area contributed by atoms with Gasteiger partial charge in [-0.05, 0) is 11.6 Å². The zero-order valence-corrected chi connectivity index (χ0v) is 9.50. The van der Waals surface area contributed by atoms with Crippen molar-refractivity contribution in [3.8, 4) is 11.3 Å². The lowest BCUT2D eigenvalue weighted by Gasteiger charge is -2.01. The second kappa shape index (κ2) is 3.18. The Morgan fingerprint density at radius 2 is 2.33 bits per heavy atom. The highest BCUT2D eigenvalue weighted by Gasteiger charge is 2.23. The third-order valence-electron chi connectivity index (χ3n) is 2.71. The molecule has 4 heteroatoms. The summed E-state index contributed by atoms with van der Waals surface area (Å²) in [6.45, 7) is -0.0314. The van der Waals surface area contributed by atoms with Crippen LogP contribution < -0.4 is 0 Å². The third-order valence-corrected chi connectivity index (χ3v) is 3.45. The first-order valence-corrected chi connectivity index (χ1v) is 5.55. The van der Waals surface area contributed by atoms with Crippen molar-refractivity contribution < 1.29 is 5.11 Å². The summed E-state index contributed by atoms with van der Waals surface area (Å²) >= 11 is 3.54. The van der Waals surface area contributed by atoms with Gasteiger partial charge in [0.15, 0.2) is 0 Å². The number of benzene rings is 1. The quantitative estimate of drug-likeness (QED) is 0.708. The molecular weight excluding hydrogens is 256 g/mol. The third kappa shape index (κ3) is 1.25. The number of nitrogens with one attached hydrogen (secondary N) is 1. The number of H-pyrrole nitrogens is 1. The SMILES string of the molecule is OCc1nc2c([nH]1)Cc1c(Br)cccc1-2. The molecule has 0 aliphatic heterocycles. The molecule has 1 aliphatic rings. The molecule has 3 nitrogen and oxygen atoms in total. The molecule has 1 aromatic carbocycles. The molecule has 15 heavy (non-hydrogen) atoms. The number of aromatic amines is 1. The van der Waals surface area contributed by atoms with Gasteiger partial charge in [0, 0.05) is 22.2 Å². The maximum absolute atomic E-state index is 8.99. The summed E-state index contributed by atoms with van der Waals surface area (Å²) in [4.78, 5) is 7.50. The molecule has 2 aromatic rings. The summed E-state index contributed by atoms with van der Waals surface area (Å²) < 4.78 is 1.12. The monoisotopic (exact) mass is 264 g/mol. The summed E-state index contributed by atoms with van der Waals surface area (Å²) in [7, 11) is 0. The minimum Gasteiger partial charge on any atom is -0.388 e. The normalized spacial score (nSPS) is 12.7. The maximum atomic E-state index is 8.99. The van der Waals surface area contributed by atoms with Crippen LogP contribution >= 0.6 is 15.9 Å². The fourth-order valence-electron chi connectivity index (χ4n) is 2.03. The van der Waals surface area contributed by atoms with Crippen LogP contribution in [0.5, 0.6) is 0 Å². The Hall–Kier alpha value is -1.13. The zero-order chi connectivity index (χ0) is 10.4. The average Bonchev–Trinajstić information content (AvgIpc) is 2.76. The van der Waals surface area contributed by atoms with Gasteiger partial charge in [0.1, 0.15) is 12.4 Å². The number of rotatable bonds is 1. The second-order valence-corrected chi connectivity index (χ2v) is 4.47. The molecule has 76 valence electrons. The van der Waals surface area contributed by atoms with E-state index >= 15 is 0 Å². The van der Waals surface area contributed by atoms with E-state index in [1.54, 1.807) is 0 Å². The lowest BCUT2D eigenvalue weighted by Crippen LogP contribution is -1.90.